The van der Waals surface area contributed by atoms with E-state index in [2.05, 4.69) is 15.0 Å². The Bertz CT molecular complexity index is 1330. The van der Waals surface area contributed by atoms with Crippen molar-refractivity contribution in [3.05, 3.63) is 77.0 Å². The van der Waals surface area contributed by atoms with Crippen LogP contribution in [0.1, 0.15) is 12.5 Å². The van der Waals surface area contributed by atoms with E-state index >= 15 is 0 Å². The SMILES string of the molecule is Cc1ccc(S(=O)(=O)Nc2ccc(SC(C)C(=O)Nc3nc(-c4cccs4)cs3)cc2)cc1. The summed E-state index contributed by atoms with van der Waals surface area (Å²) >= 11 is 4.39. The molecule has 0 radical (unpaired) electrons. The standard InChI is InChI=1S/C23H21N3O3S4/c1-15-5-11-19(12-6-15)33(28,29)26-17-7-9-18(10-8-17)32-16(2)22(27)25-23-24-20(14-31-23)21-4-3-13-30-21/h3-14,16,26H,1-2H3,(H,24,25,27). The molecule has 0 spiro atoms. The number of hydrogen-bond acceptors (Lipinski definition) is 7. The highest BCUT2D eigenvalue weighted by molar-refractivity contribution is 8.00. The van der Waals surface area contributed by atoms with Crippen molar-refractivity contribution in [1.82, 2.24) is 4.98 Å². The predicted octanol–water partition coefficient (Wildman–Crippen LogP) is 6.10. The van der Waals surface area contributed by atoms with Crippen LogP contribution in [-0.2, 0) is 14.8 Å². The second-order valence-corrected chi connectivity index (χ2v) is 12.1. The van der Waals surface area contributed by atoms with Crippen LogP contribution in [0.15, 0.2) is 81.2 Å². The smallest absolute Gasteiger partial charge is 0.261 e. The normalized spacial score (nSPS) is 12.3. The lowest BCUT2D eigenvalue weighted by molar-refractivity contribution is -0.115. The highest BCUT2D eigenvalue weighted by atomic mass is 32.2. The van der Waals surface area contributed by atoms with E-state index in [4.69, 9.17) is 0 Å². The summed E-state index contributed by atoms with van der Waals surface area (Å²) in [7, 11) is -3.65. The molecule has 4 aromatic rings. The lowest BCUT2D eigenvalue weighted by Crippen LogP contribution is -2.22. The van der Waals surface area contributed by atoms with Crippen LogP contribution >= 0.6 is 34.4 Å². The minimum atomic E-state index is -3.65. The number of nitrogens with zero attached hydrogens (tertiary/aromatic N) is 1. The average Bonchev–Trinajstić information content (AvgIpc) is 3.47. The fourth-order valence-corrected chi connectivity index (χ4v) is 6.27. The largest absolute Gasteiger partial charge is 0.301 e. The van der Waals surface area contributed by atoms with Crippen molar-refractivity contribution < 1.29 is 13.2 Å². The van der Waals surface area contributed by atoms with Crippen LogP contribution in [0.3, 0.4) is 0 Å². The first kappa shape index (κ1) is 23.5. The fourth-order valence-electron chi connectivity index (χ4n) is 2.87. The van der Waals surface area contributed by atoms with Crippen LogP contribution < -0.4 is 10.0 Å². The van der Waals surface area contributed by atoms with Crippen LogP contribution in [0.5, 0.6) is 0 Å². The maximum absolute atomic E-state index is 12.6. The molecule has 4 rings (SSSR count). The van der Waals surface area contributed by atoms with Crippen LogP contribution in [-0.4, -0.2) is 24.6 Å². The Balaban J connectivity index is 1.34. The van der Waals surface area contributed by atoms with E-state index in [1.807, 2.05) is 36.7 Å². The Hall–Kier alpha value is -2.66. The molecule has 0 aliphatic rings. The Morgan fingerprint density at radius 2 is 1.76 bits per heavy atom. The van der Waals surface area contributed by atoms with E-state index in [1.165, 1.54) is 23.1 Å². The molecule has 0 fully saturated rings. The summed E-state index contributed by atoms with van der Waals surface area (Å²) in [6.07, 6.45) is 0. The van der Waals surface area contributed by atoms with E-state index in [9.17, 15) is 13.2 Å². The minimum Gasteiger partial charge on any atom is -0.301 e. The third-order valence-electron chi connectivity index (χ3n) is 4.63. The molecule has 1 unspecified atom stereocenters. The van der Waals surface area contributed by atoms with Crippen LogP contribution in [0.2, 0.25) is 0 Å². The summed E-state index contributed by atoms with van der Waals surface area (Å²) in [5, 5.41) is 7.00. The van der Waals surface area contributed by atoms with Gasteiger partial charge in [-0.1, -0.05) is 23.8 Å². The summed E-state index contributed by atoms with van der Waals surface area (Å²) < 4.78 is 27.7. The number of amides is 1. The number of benzene rings is 2. The summed E-state index contributed by atoms with van der Waals surface area (Å²) in [6.45, 7) is 3.72. The van der Waals surface area contributed by atoms with E-state index in [0.29, 0.717) is 10.8 Å². The van der Waals surface area contributed by atoms with Crippen molar-refractivity contribution in [2.24, 2.45) is 0 Å². The Morgan fingerprint density at radius 3 is 2.42 bits per heavy atom. The predicted molar refractivity (Wildman–Crippen MR) is 138 cm³/mol. The lowest BCUT2D eigenvalue weighted by atomic mass is 10.2. The molecule has 0 bridgehead atoms. The molecule has 0 saturated heterocycles. The number of carbonyl (C=O) groups excluding carboxylic acids is 1. The summed E-state index contributed by atoms with van der Waals surface area (Å²) in [5.74, 6) is -0.142. The van der Waals surface area contributed by atoms with Crippen molar-refractivity contribution in [3.8, 4) is 10.6 Å². The number of aromatic nitrogens is 1. The topological polar surface area (TPSA) is 88.2 Å². The molecule has 170 valence electrons. The van der Waals surface area contributed by atoms with E-state index in [0.717, 1.165) is 21.0 Å². The van der Waals surface area contributed by atoms with Gasteiger partial charge in [-0.15, -0.1) is 34.4 Å². The fraction of sp³-hybridized carbons (Fsp3) is 0.130. The average molecular weight is 516 g/mol. The molecule has 2 aromatic heterocycles. The molecule has 2 heterocycles. The van der Waals surface area contributed by atoms with Crippen molar-refractivity contribution >= 4 is 61.2 Å². The highest BCUT2D eigenvalue weighted by Gasteiger charge is 2.17. The van der Waals surface area contributed by atoms with E-state index < -0.39 is 10.0 Å². The van der Waals surface area contributed by atoms with Crippen LogP contribution in [0.4, 0.5) is 10.8 Å². The van der Waals surface area contributed by atoms with Gasteiger partial charge in [0.05, 0.1) is 20.7 Å². The number of thiazole rings is 1. The molecule has 1 amide bonds. The Kier molecular flexibility index (Phi) is 7.18. The van der Waals surface area contributed by atoms with E-state index in [-0.39, 0.29) is 16.1 Å². The van der Waals surface area contributed by atoms with Gasteiger partial charge < -0.3 is 5.32 Å². The summed E-state index contributed by atoms with van der Waals surface area (Å²) in [4.78, 5) is 19.2. The van der Waals surface area contributed by atoms with Gasteiger partial charge in [0.15, 0.2) is 5.13 Å². The molecule has 0 aliphatic heterocycles. The zero-order valence-corrected chi connectivity index (χ0v) is 21.1. The van der Waals surface area contributed by atoms with Gasteiger partial charge in [-0.3, -0.25) is 9.52 Å². The molecule has 0 aliphatic carbocycles. The van der Waals surface area contributed by atoms with Gasteiger partial charge in [0.1, 0.15) is 0 Å². The number of carbonyl (C=O) groups is 1. The van der Waals surface area contributed by atoms with Crippen molar-refractivity contribution in [2.45, 2.75) is 28.9 Å². The summed E-state index contributed by atoms with van der Waals surface area (Å²) in [6, 6.07) is 17.6. The minimum absolute atomic E-state index is 0.142. The monoisotopic (exact) mass is 515 g/mol. The molecule has 0 saturated carbocycles. The van der Waals surface area contributed by atoms with Crippen LogP contribution in [0.25, 0.3) is 10.6 Å². The van der Waals surface area contributed by atoms with Gasteiger partial charge in [-0.05, 0) is 61.7 Å². The zero-order valence-electron chi connectivity index (χ0n) is 17.8. The van der Waals surface area contributed by atoms with Gasteiger partial charge in [0.2, 0.25) is 5.91 Å². The van der Waals surface area contributed by atoms with E-state index in [1.54, 1.807) is 59.9 Å². The molecular formula is C23H21N3O3S4. The highest BCUT2D eigenvalue weighted by Crippen LogP contribution is 2.30. The Morgan fingerprint density at radius 1 is 1.03 bits per heavy atom. The Labute approximate surface area is 205 Å². The van der Waals surface area contributed by atoms with Gasteiger partial charge in [0, 0.05) is 16.0 Å². The molecule has 2 aromatic carbocycles. The number of sulfonamides is 1. The molecule has 2 N–H and O–H groups in total. The maximum atomic E-state index is 12.6. The zero-order chi connectivity index (χ0) is 23.4. The van der Waals surface area contributed by atoms with Gasteiger partial charge in [-0.2, -0.15) is 0 Å². The number of thiophene rings is 1. The number of aryl methyl sites for hydroxylation is 1. The third-order valence-corrected chi connectivity index (χ3v) is 8.79. The number of rotatable bonds is 8. The molecule has 33 heavy (non-hydrogen) atoms. The lowest BCUT2D eigenvalue weighted by Gasteiger charge is -2.12. The first-order valence-corrected chi connectivity index (χ1v) is 14.1. The van der Waals surface area contributed by atoms with Gasteiger partial charge in [0.25, 0.3) is 10.0 Å². The van der Waals surface area contributed by atoms with Gasteiger partial charge >= 0.3 is 0 Å². The molecule has 10 heteroatoms. The number of thioether (sulfide) groups is 1. The maximum Gasteiger partial charge on any atom is 0.261 e. The number of nitrogens with one attached hydrogen (secondary N) is 2. The van der Waals surface area contributed by atoms with Crippen LogP contribution in [0, 0.1) is 6.92 Å². The molecule has 1 atom stereocenters. The molecular weight excluding hydrogens is 495 g/mol. The second-order valence-electron chi connectivity index (χ2n) is 7.21. The van der Waals surface area contributed by atoms with Gasteiger partial charge in [-0.25, -0.2) is 13.4 Å². The third kappa shape index (κ3) is 6.02. The van der Waals surface area contributed by atoms with Crippen molar-refractivity contribution in [3.63, 3.8) is 0 Å². The first-order valence-electron chi connectivity index (χ1n) is 9.97. The number of hydrogen-bond donors (Lipinski definition) is 2. The van der Waals surface area contributed by atoms with Crippen molar-refractivity contribution in [2.75, 3.05) is 10.0 Å². The van der Waals surface area contributed by atoms with Crippen molar-refractivity contribution in [1.29, 1.82) is 0 Å². The first-order chi connectivity index (χ1) is 15.8. The number of anilines is 2. The quantitative estimate of drug-likeness (QED) is 0.277. The second kappa shape index (κ2) is 10.1. The molecule has 6 nitrogen and oxygen atoms in total. The summed E-state index contributed by atoms with van der Waals surface area (Å²) in [5.41, 5.74) is 2.31.